The molecule has 0 aromatic carbocycles. The van der Waals surface area contributed by atoms with E-state index in [1.54, 1.807) is 0 Å². The van der Waals surface area contributed by atoms with Crippen LogP contribution in [0.3, 0.4) is 0 Å². The van der Waals surface area contributed by atoms with Crippen molar-refractivity contribution >= 4 is 20.2 Å². The fourth-order valence-electron chi connectivity index (χ4n) is 0. The van der Waals surface area contributed by atoms with E-state index in [9.17, 15) is 0 Å². The van der Waals surface area contributed by atoms with Crippen molar-refractivity contribution in [1.82, 2.24) is 0 Å². The van der Waals surface area contributed by atoms with E-state index in [0.717, 1.165) is 0 Å². The molecule has 0 bridgehead atoms. The normalized spacial score (nSPS) is 5.27. The largest absolute Gasteiger partial charge is 1.00 e. The van der Waals surface area contributed by atoms with E-state index in [-0.39, 0.29) is 58.4 Å². The van der Waals surface area contributed by atoms with Crippen LogP contribution in [0.1, 0.15) is 1.43 Å². The zero-order valence-electron chi connectivity index (χ0n) is 6.62. The molecule has 0 heterocycles. The molecule has 0 amide bonds. The summed E-state index contributed by atoms with van der Waals surface area (Å²) in [6.45, 7) is 0. The summed E-state index contributed by atoms with van der Waals surface area (Å²) in [5, 5.41) is 0. The average Bonchev–Trinajstić information content (AvgIpc) is 0.722. The molecule has 0 aliphatic carbocycles. The van der Waals surface area contributed by atoms with Gasteiger partial charge in [0, 0.05) is 11.2 Å². The molecule has 0 unspecified atom stereocenters. The van der Waals surface area contributed by atoms with Crippen molar-refractivity contribution in [2.45, 2.75) is 0 Å². The van der Waals surface area contributed by atoms with Crippen LogP contribution in [0.15, 0.2) is 0 Å². The smallest absolute Gasteiger partial charge is 1.00 e. The van der Waals surface area contributed by atoms with Gasteiger partial charge in [-0.25, -0.2) is 0 Å². The van der Waals surface area contributed by atoms with Gasteiger partial charge in [0.1, 0.15) is 0 Å². The monoisotopic (exact) mass is 228 g/mol. The molecule has 8 nitrogen and oxygen atoms in total. The summed E-state index contributed by atoms with van der Waals surface area (Å²) >= 11 is 3.47. The van der Waals surface area contributed by atoms with Gasteiger partial charge in [-0.15, -0.1) is 0 Å². The fourth-order valence-corrected chi connectivity index (χ4v) is 0. The molecule has 0 rings (SSSR count). The van der Waals surface area contributed by atoms with E-state index in [4.69, 9.17) is 13.3 Å². The molecule has 12 N–H and O–H groups in total. The summed E-state index contributed by atoms with van der Waals surface area (Å²) in [5.41, 5.74) is 0. The molecule has 0 saturated heterocycles. The minimum atomic E-state index is -3.83. The third-order valence-corrected chi connectivity index (χ3v) is 0. The zero-order chi connectivity index (χ0) is 4.50. The molecular weight excluding hydrogens is 215 g/mol. The van der Waals surface area contributed by atoms with E-state index < -0.39 is 9.05 Å². The van der Waals surface area contributed by atoms with Crippen LogP contribution in [0.25, 0.3) is 0 Å². The minimum absolute atomic E-state index is 0. The molecule has 0 aliphatic heterocycles. The van der Waals surface area contributed by atoms with E-state index in [0.29, 0.717) is 0 Å². The molecule has 0 radical (unpaired) electrons. The van der Waals surface area contributed by atoms with Gasteiger partial charge in [0.2, 0.25) is 0 Å². The van der Waals surface area contributed by atoms with Crippen LogP contribution in [0.2, 0.25) is 0 Å². The Bertz CT molecular complexity index is 100. The minimum Gasteiger partial charge on any atom is -1.00 e. The SMILES string of the molecule is O.O.O.O.O.O=S(O)(O)=S.[H-].[Na+]. The Morgan fingerprint density at radius 1 is 1.00 bits per heavy atom. The molecule has 0 saturated carbocycles. The van der Waals surface area contributed by atoms with Crippen molar-refractivity contribution < 1.29 is 71.7 Å². The fraction of sp³-hybridized carbons (Fsp3) is 0. The second-order valence-corrected chi connectivity index (χ2v) is 2.65. The summed E-state index contributed by atoms with van der Waals surface area (Å²) in [5.74, 6) is 0. The van der Waals surface area contributed by atoms with Gasteiger partial charge in [-0.1, -0.05) is 0 Å². The van der Waals surface area contributed by atoms with Crippen molar-refractivity contribution in [2.75, 3.05) is 0 Å². The maximum atomic E-state index is 9.11. The number of rotatable bonds is 0. The van der Waals surface area contributed by atoms with Gasteiger partial charge < -0.3 is 28.8 Å². The van der Waals surface area contributed by atoms with Gasteiger partial charge in [-0.3, -0.25) is 9.11 Å². The third-order valence-electron chi connectivity index (χ3n) is 0. The molecule has 0 fully saturated rings. The summed E-state index contributed by atoms with van der Waals surface area (Å²) in [6, 6.07) is 0. The summed E-state index contributed by atoms with van der Waals surface area (Å²) in [7, 11) is -3.83. The molecular formula is H13NaO8S2. The molecule has 74 valence electrons. The Labute approximate surface area is 91.6 Å². The topological polar surface area (TPSA) is 215 Å². The predicted octanol–water partition coefficient (Wildman–Crippen LogP) is -7.33. The van der Waals surface area contributed by atoms with E-state index in [2.05, 4.69) is 11.2 Å². The molecule has 11 heteroatoms. The maximum Gasteiger partial charge on any atom is 1.00 e. The van der Waals surface area contributed by atoms with Crippen LogP contribution in [0.5, 0.6) is 0 Å². The standard InChI is InChI=1S/Na.H2O3S2.5H2O.H/c;1-5(2,3)4;;;;;;/h;(H2,1,2,3,4);5*1H2;/q+1;;;;;;;-1. The Hall–Kier alpha value is 1.09. The first-order valence-electron chi connectivity index (χ1n) is 0.698. The molecule has 0 aromatic rings. The Kier molecular flexibility index (Phi) is 117. The van der Waals surface area contributed by atoms with E-state index in [1.807, 2.05) is 0 Å². The van der Waals surface area contributed by atoms with Crippen LogP contribution in [-0.2, 0) is 20.2 Å². The first-order valence-corrected chi connectivity index (χ1v) is 3.10. The quantitative estimate of drug-likeness (QED) is 0.386. The Balaban J connectivity index is -0.00000000381. The predicted molar refractivity (Wildman–Crippen MR) is 39.9 cm³/mol. The number of hydrogen-bond acceptors (Lipinski definition) is 2. The third kappa shape index (κ3) is 771. The van der Waals surface area contributed by atoms with Gasteiger partial charge in [0.05, 0.1) is 0 Å². The zero-order valence-corrected chi connectivity index (χ0v) is 9.25. The second kappa shape index (κ2) is 22.5. The Morgan fingerprint density at radius 3 is 1.00 bits per heavy atom. The van der Waals surface area contributed by atoms with Crippen molar-refractivity contribution in [3.63, 3.8) is 0 Å². The van der Waals surface area contributed by atoms with Gasteiger partial charge in [0.15, 0.2) is 0 Å². The first kappa shape index (κ1) is 57.4. The van der Waals surface area contributed by atoms with Crippen molar-refractivity contribution in [3.8, 4) is 0 Å². The summed E-state index contributed by atoms with van der Waals surface area (Å²) < 4.78 is 24.0. The van der Waals surface area contributed by atoms with Crippen LogP contribution < -0.4 is 29.6 Å². The first-order chi connectivity index (χ1) is 2.00. The summed E-state index contributed by atoms with van der Waals surface area (Å²) in [4.78, 5) is 0. The van der Waals surface area contributed by atoms with Crippen LogP contribution in [0.4, 0.5) is 0 Å². The van der Waals surface area contributed by atoms with Crippen LogP contribution in [-0.4, -0.2) is 40.7 Å². The average molecular weight is 228 g/mol. The molecule has 0 aromatic heterocycles. The maximum absolute atomic E-state index is 9.11. The Morgan fingerprint density at radius 2 is 1.00 bits per heavy atom. The second-order valence-electron chi connectivity index (χ2n) is 0.448. The number of hydrogen-bond donors (Lipinski definition) is 2. The van der Waals surface area contributed by atoms with Gasteiger partial charge >= 0.3 is 29.6 Å². The van der Waals surface area contributed by atoms with Crippen LogP contribution >= 0.6 is 0 Å². The van der Waals surface area contributed by atoms with Crippen molar-refractivity contribution in [3.05, 3.63) is 0 Å². The molecule has 0 aliphatic rings. The van der Waals surface area contributed by atoms with Crippen LogP contribution in [0, 0.1) is 0 Å². The van der Waals surface area contributed by atoms with Crippen molar-refractivity contribution in [1.29, 1.82) is 0 Å². The van der Waals surface area contributed by atoms with Gasteiger partial charge in [-0.2, -0.15) is 4.21 Å². The van der Waals surface area contributed by atoms with E-state index >= 15 is 0 Å². The van der Waals surface area contributed by atoms with Gasteiger partial charge in [0.25, 0.3) is 9.05 Å². The molecule has 0 atom stereocenters. The van der Waals surface area contributed by atoms with E-state index in [1.165, 1.54) is 0 Å². The summed E-state index contributed by atoms with van der Waals surface area (Å²) in [6.07, 6.45) is 0. The van der Waals surface area contributed by atoms with Gasteiger partial charge in [-0.05, 0) is 0 Å². The van der Waals surface area contributed by atoms with Crippen molar-refractivity contribution in [2.24, 2.45) is 0 Å². The molecule has 11 heavy (non-hydrogen) atoms. The molecule has 0 spiro atoms.